The van der Waals surface area contributed by atoms with E-state index in [9.17, 15) is 5.11 Å². The second-order valence-electron chi connectivity index (χ2n) is 7.71. The van der Waals surface area contributed by atoms with Crippen molar-refractivity contribution in [3.63, 3.8) is 0 Å². The van der Waals surface area contributed by atoms with Gasteiger partial charge in [0.2, 0.25) is 0 Å². The summed E-state index contributed by atoms with van der Waals surface area (Å²) in [6.07, 6.45) is 6.38. The molecule has 2 unspecified atom stereocenters. The highest BCUT2D eigenvalue weighted by atomic mass is 16.3. The van der Waals surface area contributed by atoms with E-state index >= 15 is 0 Å². The first-order valence-corrected chi connectivity index (χ1v) is 8.60. The number of hydrogen-bond acceptors (Lipinski definition) is 1. The van der Waals surface area contributed by atoms with Crippen LogP contribution in [0.25, 0.3) is 0 Å². The lowest BCUT2D eigenvalue weighted by atomic mass is 9.83. The van der Waals surface area contributed by atoms with Gasteiger partial charge in [0, 0.05) is 6.42 Å². The fraction of sp³-hybridized carbons (Fsp3) is 0.700. The monoisotopic (exact) mass is 288 g/mol. The molecule has 0 aliphatic heterocycles. The van der Waals surface area contributed by atoms with Crippen LogP contribution in [-0.4, -0.2) is 10.7 Å². The van der Waals surface area contributed by atoms with E-state index in [0.29, 0.717) is 0 Å². The van der Waals surface area contributed by atoms with Gasteiger partial charge in [0.05, 0.1) is 5.60 Å². The van der Waals surface area contributed by atoms with Crippen LogP contribution in [-0.2, 0) is 6.42 Å². The van der Waals surface area contributed by atoms with Crippen molar-refractivity contribution in [3.05, 3.63) is 34.4 Å². The van der Waals surface area contributed by atoms with E-state index < -0.39 is 5.60 Å². The minimum atomic E-state index is -0.492. The van der Waals surface area contributed by atoms with Gasteiger partial charge in [-0.3, -0.25) is 0 Å². The van der Waals surface area contributed by atoms with E-state index in [1.807, 2.05) is 0 Å². The van der Waals surface area contributed by atoms with Crippen LogP contribution in [0.15, 0.2) is 12.1 Å². The van der Waals surface area contributed by atoms with Gasteiger partial charge >= 0.3 is 0 Å². The van der Waals surface area contributed by atoms with Crippen molar-refractivity contribution >= 4 is 0 Å². The van der Waals surface area contributed by atoms with Gasteiger partial charge in [-0.15, -0.1) is 0 Å². The Labute approximate surface area is 130 Å². The molecular formula is C20H32O. The van der Waals surface area contributed by atoms with Crippen molar-refractivity contribution in [1.29, 1.82) is 0 Å². The highest BCUT2D eigenvalue weighted by Gasteiger charge is 2.32. The lowest BCUT2D eigenvalue weighted by Crippen LogP contribution is -2.31. The third-order valence-electron chi connectivity index (χ3n) is 5.49. The third kappa shape index (κ3) is 4.10. The molecule has 1 heteroatoms. The number of rotatable bonds is 3. The summed E-state index contributed by atoms with van der Waals surface area (Å²) >= 11 is 0. The molecule has 2 atom stereocenters. The molecule has 0 radical (unpaired) electrons. The zero-order valence-electron chi connectivity index (χ0n) is 14.5. The summed E-state index contributed by atoms with van der Waals surface area (Å²) in [5.74, 6) is 1.54. The maximum atomic E-state index is 11.1. The van der Waals surface area contributed by atoms with Gasteiger partial charge in [0.25, 0.3) is 0 Å². The molecule has 118 valence electrons. The summed E-state index contributed by atoms with van der Waals surface area (Å²) in [5.41, 5.74) is 4.87. The van der Waals surface area contributed by atoms with Crippen molar-refractivity contribution in [3.8, 4) is 0 Å². The fourth-order valence-corrected chi connectivity index (χ4v) is 4.08. The second-order valence-corrected chi connectivity index (χ2v) is 7.71. The molecule has 21 heavy (non-hydrogen) atoms. The van der Waals surface area contributed by atoms with Gasteiger partial charge in [-0.2, -0.15) is 0 Å². The Bertz CT molecular complexity index is 466. The van der Waals surface area contributed by atoms with Crippen LogP contribution in [0.4, 0.5) is 0 Å². The molecule has 1 fully saturated rings. The van der Waals surface area contributed by atoms with E-state index in [0.717, 1.165) is 31.1 Å². The Kier molecular flexibility index (Phi) is 5.14. The standard InChI is InChI=1S/C20H32O/c1-14(2)18-7-6-9-20(21,10-8-18)13-19-16(4)11-15(3)12-17(19)5/h11-12,14,18,21H,6-10,13H2,1-5H3. The lowest BCUT2D eigenvalue weighted by molar-refractivity contribution is 0.0234. The lowest BCUT2D eigenvalue weighted by Gasteiger charge is -2.29. The molecule has 1 saturated carbocycles. The van der Waals surface area contributed by atoms with Crippen molar-refractivity contribution in [2.24, 2.45) is 11.8 Å². The quantitative estimate of drug-likeness (QED) is 0.765. The van der Waals surface area contributed by atoms with Crippen LogP contribution in [0.2, 0.25) is 0 Å². The molecule has 1 N–H and O–H groups in total. The Morgan fingerprint density at radius 2 is 1.71 bits per heavy atom. The molecule has 1 aliphatic carbocycles. The average Bonchev–Trinajstić information content (AvgIpc) is 2.56. The predicted octanol–water partition coefficient (Wildman–Crippen LogP) is 5.12. The fourth-order valence-electron chi connectivity index (χ4n) is 4.08. The van der Waals surface area contributed by atoms with Crippen LogP contribution in [0.1, 0.15) is 68.2 Å². The first kappa shape index (κ1) is 16.5. The molecule has 0 heterocycles. The first-order valence-electron chi connectivity index (χ1n) is 8.60. The van der Waals surface area contributed by atoms with Crippen molar-refractivity contribution in [2.75, 3.05) is 0 Å². The zero-order chi connectivity index (χ0) is 15.6. The average molecular weight is 288 g/mol. The number of aliphatic hydroxyl groups is 1. The molecule has 1 aliphatic rings. The van der Waals surface area contributed by atoms with Crippen molar-refractivity contribution in [2.45, 2.75) is 78.7 Å². The van der Waals surface area contributed by atoms with Crippen LogP contribution in [0.3, 0.4) is 0 Å². The van der Waals surface area contributed by atoms with Gasteiger partial charge in [-0.1, -0.05) is 44.4 Å². The van der Waals surface area contributed by atoms with E-state index in [4.69, 9.17) is 0 Å². The maximum Gasteiger partial charge on any atom is 0.0688 e. The molecule has 0 spiro atoms. The topological polar surface area (TPSA) is 20.2 Å². The molecule has 1 aromatic carbocycles. The SMILES string of the molecule is Cc1cc(C)c(CC2(O)CCCC(C(C)C)CC2)c(C)c1. The highest BCUT2D eigenvalue weighted by Crippen LogP contribution is 2.36. The molecule has 0 aromatic heterocycles. The normalized spacial score (nSPS) is 26.9. The predicted molar refractivity (Wildman–Crippen MR) is 90.7 cm³/mol. The van der Waals surface area contributed by atoms with Gasteiger partial charge in [-0.25, -0.2) is 0 Å². The molecule has 0 amide bonds. The highest BCUT2D eigenvalue weighted by molar-refractivity contribution is 5.38. The van der Waals surface area contributed by atoms with Gasteiger partial charge < -0.3 is 5.11 Å². The summed E-state index contributed by atoms with van der Waals surface area (Å²) in [6.45, 7) is 11.2. The second kappa shape index (κ2) is 6.52. The minimum Gasteiger partial charge on any atom is -0.390 e. The summed E-state index contributed by atoms with van der Waals surface area (Å²) in [7, 11) is 0. The summed E-state index contributed by atoms with van der Waals surface area (Å²) in [6, 6.07) is 4.50. The molecular weight excluding hydrogens is 256 g/mol. The smallest absolute Gasteiger partial charge is 0.0688 e. The summed E-state index contributed by atoms with van der Waals surface area (Å²) in [4.78, 5) is 0. The summed E-state index contributed by atoms with van der Waals surface area (Å²) < 4.78 is 0. The van der Waals surface area contributed by atoms with Gasteiger partial charge in [-0.05, 0) is 68.6 Å². The van der Waals surface area contributed by atoms with Crippen LogP contribution >= 0.6 is 0 Å². The Morgan fingerprint density at radius 3 is 2.29 bits per heavy atom. The zero-order valence-corrected chi connectivity index (χ0v) is 14.5. The largest absolute Gasteiger partial charge is 0.390 e. The number of benzene rings is 1. The van der Waals surface area contributed by atoms with E-state index in [-0.39, 0.29) is 0 Å². The summed E-state index contributed by atoms with van der Waals surface area (Å²) in [5, 5.41) is 11.1. The third-order valence-corrected chi connectivity index (χ3v) is 5.49. The number of aryl methyl sites for hydroxylation is 3. The van der Waals surface area contributed by atoms with E-state index in [1.165, 1.54) is 41.5 Å². The molecule has 0 bridgehead atoms. The van der Waals surface area contributed by atoms with Crippen LogP contribution in [0, 0.1) is 32.6 Å². The van der Waals surface area contributed by atoms with Gasteiger partial charge in [0.15, 0.2) is 0 Å². The Hall–Kier alpha value is -0.820. The Balaban J connectivity index is 2.15. The minimum absolute atomic E-state index is 0.492. The molecule has 1 nitrogen and oxygen atoms in total. The Morgan fingerprint density at radius 1 is 1.10 bits per heavy atom. The molecule has 2 rings (SSSR count). The first-order chi connectivity index (χ1) is 9.81. The maximum absolute atomic E-state index is 11.1. The van der Waals surface area contributed by atoms with Gasteiger partial charge in [0.1, 0.15) is 0 Å². The molecule has 1 aromatic rings. The van der Waals surface area contributed by atoms with E-state index in [2.05, 4.69) is 46.8 Å². The van der Waals surface area contributed by atoms with Crippen LogP contribution in [0.5, 0.6) is 0 Å². The van der Waals surface area contributed by atoms with Crippen molar-refractivity contribution < 1.29 is 5.11 Å². The van der Waals surface area contributed by atoms with Crippen LogP contribution < -0.4 is 0 Å². The van der Waals surface area contributed by atoms with E-state index in [1.54, 1.807) is 0 Å². The number of hydrogen-bond donors (Lipinski definition) is 1. The molecule has 0 saturated heterocycles. The van der Waals surface area contributed by atoms with Crippen molar-refractivity contribution in [1.82, 2.24) is 0 Å².